The van der Waals surface area contributed by atoms with Gasteiger partial charge in [-0.1, -0.05) is 80.6 Å². The first-order valence-electron chi connectivity index (χ1n) is 14.0. The van der Waals surface area contributed by atoms with Crippen molar-refractivity contribution in [3.05, 3.63) is 90.2 Å². The number of hydrogen-bond acceptors (Lipinski definition) is 4. The zero-order valence-electron chi connectivity index (χ0n) is 24.1. The van der Waals surface area contributed by atoms with Gasteiger partial charge in [-0.3, -0.25) is 9.59 Å². The monoisotopic (exact) mass is 553 g/mol. The van der Waals surface area contributed by atoms with Crippen LogP contribution in [0.25, 0.3) is 21.5 Å². The molecule has 2 N–H and O–H groups in total. The van der Waals surface area contributed by atoms with Crippen LogP contribution in [0.15, 0.2) is 84.6 Å². The Labute approximate surface area is 240 Å². The smallest absolute Gasteiger partial charge is 0.363 e. The van der Waals surface area contributed by atoms with E-state index in [1.165, 1.54) is 16.3 Å². The molecule has 0 fully saturated rings. The molecule has 41 heavy (non-hydrogen) atoms. The van der Waals surface area contributed by atoms with E-state index in [0.29, 0.717) is 25.6 Å². The minimum Gasteiger partial charge on any atom is -0.481 e. The number of aliphatic carboxylic acids is 2. The van der Waals surface area contributed by atoms with E-state index >= 15 is 0 Å². The normalized spacial score (nSPS) is 18.7. The van der Waals surface area contributed by atoms with Crippen LogP contribution in [0.5, 0.6) is 0 Å². The number of rotatable bonds is 9. The van der Waals surface area contributed by atoms with Crippen LogP contribution in [0.2, 0.25) is 0 Å². The van der Waals surface area contributed by atoms with Crippen molar-refractivity contribution in [1.82, 2.24) is 0 Å². The molecule has 0 aromatic heterocycles. The standard InChI is InChI=1S/C34H36N2O5/c1-33(2)22-41-28(36(33)21-19-30(39)40)17-7-5-6-16-27-34(3,4)31-25-14-10-8-12-23(25)24-13-9-11-15-26(24)32(31)35(27)20-18-29(37)38/h5-17H,18-22H2,1-4H3,(H-,37,38,39,40)/p+1. The molecule has 2 heterocycles. The second-order valence-corrected chi connectivity index (χ2v) is 11.8. The van der Waals surface area contributed by atoms with E-state index in [4.69, 9.17) is 9.84 Å². The molecule has 2 aliphatic heterocycles. The van der Waals surface area contributed by atoms with Crippen molar-refractivity contribution in [3.63, 3.8) is 0 Å². The van der Waals surface area contributed by atoms with Gasteiger partial charge in [0.2, 0.25) is 0 Å². The first kappa shape index (κ1) is 28.1. The number of benzene rings is 3. The topological polar surface area (TPSA) is 90.1 Å². The number of ether oxygens (including phenoxy) is 1. The lowest BCUT2D eigenvalue weighted by Gasteiger charge is -2.26. The predicted molar refractivity (Wildman–Crippen MR) is 163 cm³/mol. The number of fused-ring (bicyclic) bond motifs is 6. The fourth-order valence-corrected chi connectivity index (χ4v) is 6.17. The van der Waals surface area contributed by atoms with Crippen molar-refractivity contribution in [1.29, 1.82) is 0 Å². The number of allylic oxidation sites excluding steroid dienone is 5. The molecular formula is C34H37N2O5+. The van der Waals surface area contributed by atoms with Gasteiger partial charge in [0, 0.05) is 43.0 Å². The molecule has 0 unspecified atom stereocenters. The molecule has 0 saturated heterocycles. The summed E-state index contributed by atoms with van der Waals surface area (Å²) in [5.74, 6) is -1.01. The average Bonchev–Trinajstić information content (AvgIpc) is 3.34. The quantitative estimate of drug-likeness (QED) is 0.185. The molecular weight excluding hydrogens is 516 g/mol. The average molecular weight is 554 g/mol. The number of carboxylic acid groups (broad SMARTS) is 2. The van der Waals surface area contributed by atoms with Gasteiger partial charge in [-0.2, -0.15) is 4.58 Å². The second kappa shape index (κ2) is 10.9. The van der Waals surface area contributed by atoms with E-state index in [1.54, 1.807) is 0 Å². The first-order valence-corrected chi connectivity index (χ1v) is 14.0. The Kier molecular flexibility index (Phi) is 7.47. The fraction of sp³-hybridized carbons (Fsp3) is 0.324. The largest absolute Gasteiger partial charge is 0.481 e. The zero-order chi connectivity index (χ0) is 29.4. The maximum Gasteiger partial charge on any atom is 0.363 e. The molecule has 0 amide bonds. The summed E-state index contributed by atoms with van der Waals surface area (Å²) in [5, 5.41) is 23.4. The lowest BCUT2D eigenvalue weighted by molar-refractivity contribution is -0.588. The molecule has 5 rings (SSSR count). The molecule has 0 atom stereocenters. The number of nitrogens with zero attached hydrogens (tertiary/aromatic N) is 2. The lowest BCUT2D eigenvalue weighted by Crippen LogP contribution is -2.37. The molecule has 7 nitrogen and oxygen atoms in total. The Morgan fingerprint density at radius 1 is 0.878 bits per heavy atom. The van der Waals surface area contributed by atoms with Crippen molar-refractivity contribution in [2.45, 2.75) is 51.5 Å². The van der Waals surface area contributed by atoms with Gasteiger partial charge in [-0.15, -0.1) is 0 Å². The summed E-state index contributed by atoms with van der Waals surface area (Å²) in [5.41, 5.74) is 2.67. The van der Waals surface area contributed by atoms with Crippen molar-refractivity contribution >= 4 is 45.1 Å². The van der Waals surface area contributed by atoms with Gasteiger partial charge in [0.25, 0.3) is 0 Å². The number of carboxylic acids is 2. The Morgan fingerprint density at radius 2 is 1.49 bits per heavy atom. The molecule has 0 aliphatic carbocycles. The molecule has 0 saturated carbocycles. The minimum absolute atomic E-state index is 0.0231. The van der Waals surface area contributed by atoms with E-state index in [2.05, 4.69) is 61.2 Å². The summed E-state index contributed by atoms with van der Waals surface area (Å²) in [7, 11) is 0. The maximum absolute atomic E-state index is 11.7. The maximum atomic E-state index is 11.7. The highest BCUT2D eigenvalue weighted by atomic mass is 16.5. The molecule has 2 aliphatic rings. The van der Waals surface area contributed by atoms with E-state index in [0.717, 1.165) is 22.2 Å². The lowest BCUT2D eigenvalue weighted by atomic mass is 9.80. The second-order valence-electron chi connectivity index (χ2n) is 11.8. The van der Waals surface area contributed by atoms with Crippen LogP contribution >= 0.6 is 0 Å². The summed E-state index contributed by atoms with van der Waals surface area (Å²) in [4.78, 5) is 25.0. The third kappa shape index (κ3) is 5.24. The Bertz CT molecular complexity index is 1660. The van der Waals surface area contributed by atoms with Gasteiger partial charge >= 0.3 is 17.8 Å². The molecule has 3 aromatic rings. The predicted octanol–water partition coefficient (Wildman–Crippen LogP) is 6.26. The Hall–Kier alpha value is -4.39. The van der Waals surface area contributed by atoms with Crippen LogP contribution in [0, 0.1) is 0 Å². The third-order valence-electron chi connectivity index (χ3n) is 8.12. The highest BCUT2D eigenvalue weighted by Gasteiger charge is 2.43. The van der Waals surface area contributed by atoms with Crippen LogP contribution in [-0.2, 0) is 19.7 Å². The van der Waals surface area contributed by atoms with Gasteiger partial charge in [0.05, 0.1) is 12.1 Å². The van der Waals surface area contributed by atoms with E-state index in [-0.39, 0.29) is 23.8 Å². The third-order valence-corrected chi connectivity index (χ3v) is 8.12. The van der Waals surface area contributed by atoms with Gasteiger partial charge < -0.3 is 19.8 Å². The van der Waals surface area contributed by atoms with Crippen molar-refractivity contribution < 1.29 is 29.1 Å². The highest BCUT2D eigenvalue weighted by molar-refractivity contribution is 6.17. The Balaban J connectivity index is 1.55. The highest BCUT2D eigenvalue weighted by Crippen LogP contribution is 2.54. The summed E-state index contributed by atoms with van der Waals surface area (Å²) < 4.78 is 7.86. The van der Waals surface area contributed by atoms with Crippen LogP contribution in [0.4, 0.5) is 5.69 Å². The van der Waals surface area contributed by atoms with Crippen LogP contribution in [0.1, 0.15) is 46.1 Å². The van der Waals surface area contributed by atoms with Crippen LogP contribution in [0.3, 0.4) is 0 Å². The summed E-state index contributed by atoms with van der Waals surface area (Å²) in [6.07, 6.45) is 9.79. The van der Waals surface area contributed by atoms with Gasteiger partial charge in [0.15, 0.2) is 18.7 Å². The zero-order valence-corrected chi connectivity index (χ0v) is 24.1. The summed E-state index contributed by atoms with van der Waals surface area (Å²) in [6.45, 7) is 9.71. The number of carbonyl (C=O) groups is 2. The van der Waals surface area contributed by atoms with E-state index < -0.39 is 11.9 Å². The molecule has 0 radical (unpaired) electrons. The first-order chi connectivity index (χ1) is 19.5. The fourth-order valence-electron chi connectivity index (χ4n) is 6.17. The molecule has 212 valence electrons. The minimum atomic E-state index is -0.837. The van der Waals surface area contributed by atoms with Gasteiger partial charge in [0.1, 0.15) is 6.42 Å². The summed E-state index contributed by atoms with van der Waals surface area (Å²) >= 11 is 0. The summed E-state index contributed by atoms with van der Waals surface area (Å²) in [6, 6.07) is 16.8. The number of hydrogen-bond donors (Lipinski definition) is 2. The van der Waals surface area contributed by atoms with E-state index in [1.807, 2.05) is 54.9 Å². The molecule has 0 bridgehead atoms. The van der Waals surface area contributed by atoms with Crippen LogP contribution < -0.4 is 4.90 Å². The van der Waals surface area contributed by atoms with Crippen molar-refractivity contribution in [2.24, 2.45) is 0 Å². The SMILES string of the molecule is CC1(C)C(=CC=CC=CC2=[N+](CCC(=O)O)C(C)(C)CO2)N(CCC(=O)O)c2c1c1ccccc1c1ccccc21. The van der Waals surface area contributed by atoms with Gasteiger partial charge in [-0.05, 0) is 27.8 Å². The van der Waals surface area contributed by atoms with Crippen molar-refractivity contribution in [2.75, 3.05) is 24.6 Å². The van der Waals surface area contributed by atoms with Crippen molar-refractivity contribution in [3.8, 4) is 0 Å². The molecule has 0 spiro atoms. The van der Waals surface area contributed by atoms with E-state index in [9.17, 15) is 14.7 Å². The molecule has 7 heteroatoms. The number of anilines is 1. The van der Waals surface area contributed by atoms with Crippen LogP contribution in [-0.4, -0.2) is 57.9 Å². The van der Waals surface area contributed by atoms with Gasteiger partial charge in [-0.25, -0.2) is 0 Å². The molecule has 3 aromatic carbocycles. The Morgan fingerprint density at radius 3 is 2.15 bits per heavy atom.